The van der Waals surface area contributed by atoms with Crippen LogP contribution >= 0.6 is 27.7 Å². The molecule has 0 radical (unpaired) electrons. The van der Waals surface area contributed by atoms with Crippen molar-refractivity contribution in [2.75, 3.05) is 5.75 Å². The van der Waals surface area contributed by atoms with Gasteiger partial charge in [-0.15, -0.1) is 11.8 Å². The molecule has 0 unspecified atom stereocenters. The molecule has 9 heteroatoms. The average Bonchev–Trinajstić information content (AvgIpc) is 3.16. The number of thioether (sulfide) groups is 1. The molecule has 1 N–H and O–H groups in total. The highest BCUT2D eigenvalue weighted by Crippen LogP contribution is 2.21. The molecule has 2 aromatic carbocycles. The lowest BCUT2D eigenvalue weighted by atomic mass is 10.3. The van der Waals surface area contributed by atoms with Crippen LogP contribution in [-0.4, -0.2) is 27.4 Å². The van der Waals surface area contributed by atoms with E-state index in [1.54, 1.807) is 18.3 Å². The van der Waals surface area contributed by atoms with Gasteiger partial charge >= 0.3 is 0 Å². The third kappa shape index (κ3) is 5.30. The number of amides is 1. The van der Waals surface area contributed by atoms with Gasteiger partial charge < -0.3 is 4.57 Å². The van der Waals surface area contributed by atoms with Gasteiger partial charge in [0.25, 0.3) is 5.69 Å². The Morgan fingerprint density at radius 1 is 1.18 bits per heavy atom. The third-order valence-electron chi connectivity index (χ3n) is 3.69. The lowest BCUT2D eigenvalue weighted by Gasteiger charge is -2.06. The quantitative estimate of drug-likeness (QED) is 0.246. The summed E-state index contributed by atoms with van der Waals surface area (Å²) in [7, 11) is 0. The van der Waals surface area contributed by atoms with Crippen molar-refractivity contribution in [1.82, 2.24) is 9.99 Å². The predicted molar refractivity (Wildman–Crippen MR) is 113 cm³/mol. The summed E-state index contributed by atoms with van der Waals surface area (Å²) in [6.07, 6.45) is 3.49. The van der Waals surface area contributed by atoms with E-state index in [-0.39, 0.29) is 17.3 Å². The molecule has 0 aliphatic heterocycles. The first-order valence-corrected chi connectivity index (χ1v) is 9.93. The summed E-state index contributed by atoms with van der Waals surface area (Å²) in [5.41, 5.74) is 4.32. The van der Waals surface area contributed by atoms with Gasteiger partial charge in [-0.3, -0.25) is 14.9 Å². The van der Waals surface area contributed by atoms with Crippen LogP contribution in [0.25, 0.3) is 5.69 Å². The SMILES string of the molecule is O=C(CSc1ccc([N+](=O)[O-])cc1)N/N=C/c1cccn1-c1ccc(Br)cc1. The number of carbonyl (C=O) groups is 1. The smallest absolute Gasteiger partial charge is 0.269 e. The molecule has 0 saturated carbocycles. The maximum Gasteiger partial charge on any atom is 0.269 e. The van der Waals surface area contributed by atoms with Gasteiger partial charge in [-0.2, -0.15) is 5.10 Å². The van der Waals surface area contributed by atoms with Crippen LogP contribution in [0.15, 0.2) is 81.3 Å². The number of hydrogen-bond donors (Lipinski definition) is 1. The molecule has 1 heterocycles. The van der Waals surface area contributed by atoms with Crippen LogP contribution in [0.5, 0.6) is 0 Å². The zero-order valence-corrected chi connectivity index (χ0v) is 16.9. The van der Waals surface area contributed by atoms with Gasteiger partial charge in [0.15, 0.2) is 0 Å². The van der Waals surface area contributed by atoms with Crippen molar-refractivity contribution >= 4 is 45.5 Å². The van der Waals surface area contributed by atoms with E-state index in [1.807, 2.05) is 47.2 Å². The van der Waals surface area contributed by atoms with Gasteiger partial charge in [-0.1, -0.05) is 15.9 Å². The maximum absolute atomic E-state index is 11.9. The normalized spacial score (nSPS) is 10.9. The minimum Gasteiger partial charge on any atom is -0.316 e. The van der Waals surface area contributed by atoms with Crippen LogP contribution in [0, 0.1) is 10.1 Å². The largest absolute Gasteiger partial charge is 0.316 e. The Bertz CT molecular complexity index is 1000. The van der Waals surface area contributed by atoms with Crippen LogP contribution in [-0.2, 0) is 4.79 Å². The number of nitro groups is 1. The molecule has 1 aromatic heterocycles. The molecular weight excluding hydrogens is 444 g/mol. The van der Waals surface area contributed by atoms with Crippen molar-refractivity contribution in [2.24, 2.45) is 5.10 Å². The number of non-ortho nitro benzene ring substituents is 1. The van der Waals surface area contributed by atoms with Crippen molar-refractivity contribution in [2.45, 2.75) is 4.90 Å². The summed E-state index contributed by atoms with van der Waals surface area (Å²) >= 11 is 4.69. The zero-order valence-electron chi connectivity index (χ0n) is 14.5. The Morgan fingerprint density at radius 2 is 1.89 bits per heavy atom. The highest BCUT2D eigenvalue weighted by molar-refractivity contribution is 9.10. The minimum atomic E-state index is -0.458. The molecule has 7 nitrogen and oxygen atoms in total. The van der Waals surface area contributed by atoms with Gasteiger partial charge in [0.05, 0.1) is 22.6 Å². The Morgan fingerprint density at radius 3 is 2.57 bits per heavy atom. The summed E-state index contributed by atoms with van der Waals surface area (Å²) in [6.45, 7) is 0. The molecule has 0 fully saturated rings. The molecule has 0 aliphatic rings. The summed E-state index contributed by atoms with van der Waals surface area (Å²) in [6, 6.07) is 17.7. The number of aromatic nitrogens is 1. The molecule has 0 spiro atoms. The highest BCUT2D eigenvalue weighted by atomic mass is 79.9. The van der Waals surface area contributed by atoms with Crippen molar-refractivity contribution in [1.29, 1.82) is 0 Å². The van der Waals surface area contributed by atoms with Gasteiger partial charge in [0, 0.05) is 33.4 Å². The first-order chi connectivity index (χ1) is 13.5. The molecule has 0 saturated heterocycles. The maximum atomic E-state index is 11.9. The number of halogens is 1. The van der Waals surface area contributed by atoms with E-state index < -0.39 is 4.92 Å². The summed E-state index contributed by atoms with van der Waals surface area (Å²) in [4.78, 5) is 22.9. The number of benzene rings is 2. The van der Waals surface area contributed by atoms with Crippen molar-refractivity contribution in [3.63, 3.8) is 0 Å². The van der Waals surface area contributed by atoms with Crippen LogP contribution in [0.3, 0.4) is 0 Å². The van der Waals surface area contributed by atoms with E-state index in [9.17, 15) is 14.9 Å². The van der Waals surface area contributed by atoms with Crippen molar-refractivity contribution in [3.05, 3.63) is 87.1 Å². The Labute approximate surface area is 173 Å². The number of nitrogens with one attached hydrogen (secondary N) is 1. The minimum absolute atomic E-state index is 0.0205. The number of nitrogens with zero attached hydrogens (tertiary/aromatic N) is 3. The molecule has 1 amide bonds. The van der Waals surface area contributed by atoms with Gasteiger partial charge in [-0.25, -0.2) is 5.43 Å². The van der Waals surface area contributed by atoms with Gasteiger partial charge in [0.1, 0.15) is 0 Å². The molecule has 142 valence electrons. The summed E-state index contributed by atoms with van der Waals surface area (Å²) in [5, 5.41) is 14.6. The number of rotatable bonds is 7. The molecule has 0 bridgehead atoms. The topological polar surface area (TPSA) is 89.5 Å². The molecule has 28 heavy (non-hydrogen) atoms. The monoisotopic (exact) mass is 458 g/mol. The first-order valence-electron chi connectivity index (χ1n) is 8.15. The van der Waals surface area contributed by atoms with E-state index in [4.69, 9.17) is 0 Å². The Hall–Kier alpha value is -2.91. The highest BCUT2D eigenvalue weighted by Gasteiger charge is 2.06. The fourth-order valence-corrected chi connectivity index (χ4v) is 3.31. The number of carbonyl (C=O) groups excluding carboxylic acids is 1. The predicted octanol–water partition coefficient (Wildman–Crippen LogP) is 4.39. The van der Waals surface area contributed by atoms with Crippen LogP contribution in [0.4, 0.5) is 5.69 Å². The lowest BCUT2D eigenvalue weighted by Crippen LogP contribution is -2.19. The van der Waals surface area contributed by atoms with E-state index in [0.29, 0.717) is 0 Å². The van der Waals surface area contributed by atoms with Crippen molar-refractivity contribution in [3.8, 4) is 5.69 Å². The molecular formula is C19H15BrN4O3S. The fourth-order valence-electron chi connectivity index (χ4n) is 2.35. The van der Waals surface area contributed by atoms with Crippen LogP contribution in [0.1, 0.15) is 5.69 Å². The molecule has 3 rings (SSSR count). The van der Waals surface area contributed by atoms with Gasteiger partial charge in [-0.05, 0) is 48.5 Å². The Kier molecular flexibility index (Phi) is 6.62. The second kappa shape index (κ2) is 9.34. The van der Waals surface area contributed by atoms with E-state index in [2.05, 4.69) is 26.5 Å². The average molecular weight is 459 g/mol. The van der Waals surface area contributed by atoms with Crippen LogP contribution < -0.4 is 5.43 Å². The molecule has 0 atom stereocenters. The third-order valence-corrected chi connectivity index (χ3v) is 5.23. The number of hydrogen-bond acceptors (Lipinski definition) is 5. The van der Waals surface area contributed by atoms with Gasteiger partial charge in [0.2, 0.25) is 5.91 Å². The first kappa shape index (κ1) is 19.8. The second-order valence-corrected chi connectivity index (χ2v) is 7.58. The standard InChI is InChI=1S/C19H15BrN4O3S/c20-14-3-5-15(6-4-14)23-11-1-2-17(23)12-21-22-19(25)13-28-18-9-7-16(8-10-18)24(26)27/h1-12H,13H2,(H,22,25)/b21-12+. The fraction of sp³-hybridized carbons (Fsp3) is 0.0526. The van der Waals surface area contributed by atoms with E-state index in [0.717, 1.165) is 20.7 Å². The lowest BCUT2D eigenvalue weighted by molar-refractivity contribution is -0.384. The summed E-state index contributed by atoms with van der Waals surface area (Å²) in [5.74, 6) is -0.107. The number of hydrazone groups is 1. The van der Waals surface area contributed by atoms with E-state index >= 15 is 0 Å². The number of nitro benzene ring substituents is 1. The van der Waals surface area contributed by atoms with Crippen LogP contribution in [0.2, 0.25) is 0 Å². The zero-order chi connectivity index (χ0) is 19.9. The second-order valence-electron chi connectivity index (χ2n) is 5.61. The Balaban J connectivity index is 1.53. The molecule has 3 aromatic rings. The molecule has 0 aliphatic carbocycles. The van der Waals surface area contributed by atoms with Crippen molar-refractivity contribution < 1.29 is 9.72 Å². The summed E-state index contributed by atoms with van der Waals surface area (Å²) < 4.78 is 2.95. The van der Waals surface area contributed by atoms with E-state index in [1.165, 1.54) is 23.9 Å².